The first-order valence-electron chi connectivity index (χ1n) is 9.83. The minimum Gasteiger partial charge on any atom is -0.494 e. The van der Waals surface area contributed by atoms with Gasteiger partial charge in [0.25, 0.3) is 0 Å². The highest BCUT2D eigenvalue weighted by Crippen LogP contribution is 2.24. The molecule has 0 saturated carbocycles. The maximum Gasteiger partial charge on any atom is 0.120 e. The Morgan fingerprint density at radius 1 is 0.852 bits per heavy atom. The Kier molecular flexibility index (Phi) is 9.23. The van der Waals surface area contributed by atoms with Gasteiger partial charge >= 0.3 is 0 Å². The monoisotopic (exact) mass is 386 g/mol. The van der Waals surface area contributed by atoms with Gasteiger partial charge in [-0.05, 0) is 61.6 Å². The van der Waals surface area contributed by atoms with E-state index in [2.05, 4.69) is 53.6 Å². The molecule has 4 heteroatoms. The molecule has 0 saturated heterocycles. The molecule has 1 aromatic heterocycles. The summed E-state index contributed by atoms with van der Waals surface area (Å²) in [4.78, 5) is 3.30. The third-order valence-electron chi connectivity index (χ3n) is 4.87. The van der Waals surface area contributed by atoms with Gasteiger partial charge in [-0.25, -0.2) is 0 Å². The van der Waals surface area contributed by atoms with Crippen molar-refractivity contribution in [3.63, 3.8) is 0 Å². The van der Waals surface area contributed by atoms with Gasteiger partial charge in [0.15, 0.2) is 0 Å². The molecular formula is C23H31ClN2O. The first kappa shape index (κ1) is 21.3. The van der Waals surface area contributed by atoms with Crippen LogP contribution in [0.25, 0.3) is 10.9 Å². The SMILES string of the molecule is Cl.NCCc1c[nH]c2ccc(OCCCCCCCc3ccccc3)cc12. The van der Waals surface area contributed by atoms with Gasteiger partial charge in [-0.2, -0.15) is 0 Å². The van der Waals surface area contributed by atoms with E-state index in [9.17, 15) is 0 Å². The number of ether oxygens (including phenoxy) is 1. The highest BCUT2D eigenvalue weighted by molar-refractivity contribution is 5.85. The molecule has 0 radical (unpaired) electrons. The van der Waals surface area contributed by atoms with E-state index in [1.165, 1.54) is 48.6 Å². The Morgan fingerprint density at radius 3 is 2.44 bits per heavy atom. The molecule has 3 aromatic rings. The zero-order valence-electron chi connectivity index (χ0n) is 16.0. The van der Waals surface area contributed by atoms with Gasteiger partial charge in [0.2, 0.25) is 0 Å². The molecule has 0 amide bonds. The van der Waals surface area contributed by atoms with E-state index < -0.39 is 0 Å². The number of aryl methyl sites for hydroxylation is 1. The highest BCUT2D eigenvalue weighted by atomic mass is 35.5. The zero-order valence-corrected chi connectivity index (χ0v) is 16.8. The first-order valence-corrected chi connectivity index (χ1v) is 9.83. The molecule has 3 N–H and O–H groups in total. The number of aromatic nitrogens is 1. The van der Waals surface area contributed by atoms with Crippen LogP contribution in [0.5, 0.6) is 5.75 Å². The molecule has 146 valence electrons. The Bertz CT molecular complexity index is 785. The summed E-state index contributed by atoms with van der Waals surface area (Å²) >= 11 is 0. The smallest absolute Gasteiger partial charge is 0.120 e. The molecule has 0 atom stereocenters. The third-order valence-corrected chi connectivity index (χ3v) is 4.87. The average molecular weight is 387 g/mol. The van der Waals surface area contributed by atoms with E-state index >= 15 is 0 Å². The quantitative estimate of drug-likeness (QED) is 0.417. The number of hydrogen-bond acceptors (Lipinski definition) is 2. The fourth-order valence-corrected chi connectivity index (χ4v) is 3.41. The van der Waals surface area contributed by atoms with Gasteiger partial charge < -0.3 is 15.5 Å². The maximum atomic E-state index is 5.95. The summed E-state index contributed by atoms with van der Waals surface area (Å²) in [5.41, 5.74) is 9.56. The van der Waals surface area contributed by atoms with Gasteiger partial charge in [0.1, 0.15) is 5.75 Å². The largest absolute Gasteiger partial charge is 0.494 e. The molecule has 0 fully saturated rings. The standard InChI is InChI=1S/C23H30N2O.ClH/c24-15-14-20-18-25-23-13-12-21(17-22(20)23)26-16-8-3-1-2-5-9-19-10-6-4-7-11-19;/h4,6-7,10-13,17-18,25H,1-3,5,8-9,14-16,24H2;1H. The molecule has 0 aliphatic rings. The van der Waals surface area contributed by atoms with E-state index in [-0.39, 0.29) is 12.4 Å². The van der Waals surface area contributed by atoms with Gasteiger partial charge in [-0.1, -0.05) is 49.6 Å². The summed E-state index contributed by atoms with van der Waals surface area (Å²) in [7, 11) is 0. The number of aromatic amines is 1. The van der Waals surface area contributed by atoms with E-state index in [4.69, 9.17) is 10.5 Å². The Morgan fingerprint density at radius 2 is 1.63 bits per heavy atom. The van der Waals surface area contributed by atoms with Crippen LogP contribution < -0.4 is 10.5 Å². The Labute approximate surface area is 168 Å². The van der Waals surface area contributed by atoms with Crippen molar-refractivity contribution in [3.05, 3.63) is 65.9 Å². The molecule has 0 aliphatic carbocycles. The van der Waals surface area contributed by atoms with Crippen LogP contribution in [0.15, 0.2) is 54.7 Å². The molecule has 0 unspecified atom stereocenters. The second kappa shape index (κ2) is 11.7. The molecular weight excluding hydrogens is 356 g/mol. The summed E-state index contributed by atoms with van der Waals surface area (Å²) in [5.74, 6) is 0.958. The van der Waals surface area contributed by atoms with Crippen molar-refractivity contribution in [2.24, 2.45) is 5.73 Å². The summed E-state index contributed by atoms with van der Waals surface area (Å²) < 4.78 is 5.95. The van der Waals surface area contributed by atoms with Gasteiger partial charge in [0.05, 0.1) is 6.61 Å². The number of nitrogens with two attached hydrogens (primary N) is 1. The summed E-state index contributed by atoms with van der Waals surface area (Å²) in [6.45, 7) is 1.46. The number of unbranched alkanes of at least 4 members (excludes halogenated alkanes) is 4. The van der Waals surface area contributed by atoms with Crippen molar-refractivity contribution in [2.75, 3.05) is 13.2 Å². The average Bonchev–Trinajstić information content (AvgIpc) is 3.07. The van der Waals surface area contributed by atoms with E-state index in [0.29, 0.717) is 6.54 Å². The van der Waals surface area contributed by atoms with Crippen molar-refractivity contribution in [1.29, 1.82) is 0 Å². The topological polar surface area (TPSA) is 51.0 Å². The molecule has 0 bridgehead atoms. The van der Waals surface area contributed by atoms with Crippen LogP contribution in [0.1, 0.15) is 43.2 Å². The maximum absolute atomic E-state index is 5.95. The van der Waals surface area contributed by atoms with Crippen molar-refractivity contribution < 1.29 is 4.74 Å². The fraction of sp³-hybridized carbons (Fsp3) is 0.391. The number of benzene rings is 2. The third kappa shape index (κ3) is 6.60. The lowest BCUT2D eigenvalue weighted by molar-refractivity contribution is 0.305. The van der Waals surface area contributed by atoms with Crippen LogP contribution in [0, 0.1) is 0 Å². The number of nitrogens with one attached hydrogen (secondary N) is 1. The van der Waals surface area contributed by atoms with Crippen LogP contribution in [0.2, 0.25) is 0 Å². The number of fused-ring (bicyclic) bond motifs is 1. The molecule has 3 nitrogen and oxygen atoms in total. The van der Waals surface area contributed by atoms with Gasteiger partial charge in [-0.3, -0.25) is 0 Å². The van der Waals surface area contributed by atoms with Gasteiger partial charge in [-0.15, -0.1) is 12.4 Å². The van der Waals surface area contributed by atoms with Crippen molar-refractivity contribution in [2.45, 2.75) is 44.9 Å². The van der Waals surface area contributed by atoms with Crippen molar-refractivity contribution >= 4 is 23.3 Å². The van der Waals surface area contributed by atoms with Gasteiger partial charge in [0, 0.05) is 17.1 Å². The molecule has 27 heavy (non-hydrogen) atoms. The number of H-pyrrole nitrogens is 1. The first-order chi connectivity index (χ1) is 12.9. The second-order valence-corrected chi connectivity index (χ2v) is 6.91. The number of halogens is 1. The zero-order chi connectivity index (χ0) is 18.0. The Balaban J connectivity index is 0.00000261. The summed E-state index contributed by atoms with van der Waals surface area (Å²) in [6.07, 6.45) is 10.4. The number of hydrogen-bond donors (Lipinski definition) is 2. The van der Waals surface area contributed by atoms with Crippen molar-refractivity contribution in [3.8, 4) is 5.75 Å². The fourth-order valence-electron chi connectivity index (χ4n) is 3.41. The Hall–Kier alpha value is -1.97. The van der Waals surface area contributed by atoms with Crippen LogP contribution >= 0.6 is 12.4 Å². The van der Waals surface area contributed by atoms with Crippen LogP contribution in [0.3, 0.4) is 0 Å². The molecule has 0 aliphatic heterocycles. The van der Waals surface area contributed by atoms with Crippen molar-refractivity contribution in [1.82, 2.24) is 4.98 Å². The normalized spacial score (nSPS) is 10.7. The second-order valence-electron chi connectivity index (χ2n) is 6.91. The molecule has 0 spiro atoms. The summed E-state index contributed by atoms with van der Waals surface area (Å²) in [5, 5.41) is 1.23. The predicted molar refractivity (Wildman–Crippen MR) is 117 cm³/mol. The molecule has 1 heterocycles. The number of rotatable bonds is 11. The van der Waals surface area contributed by atoms with Crippen LogP contribution in [-0.2, 0) is 12.8 Å². The molecule has 3 rings (SSSR count). The van der Waals surface area contributed by atoms with Crippen LogP contribution in [-0.4, -0.2) is 18.1 Å². The van der Waals surface area contributed by atoms with E-state index in [1.807, 2.05) is 6.07 Å². The minimum atomic E-state index is 0. The lowest BCUT2D eigenvalue weighted by Gasteiger charge is -2.07. The van der Waals surface area contributed by atoms with E-state index in [0.717, 1.165) is 30.7 Å². The molecule has 2 aromatic carbocycles. The minimum absolute atomic E-state index is 0. The predicted octanol–water partition coefficient (Wildman–Crippen LogP) is 5.66. The highest BCUT2D eigenvalue weighted by Gasteiger charge is 2.04. The van der Waals surface area contributed by atoms with E-state index in [1.54, 1.807) is 0 Å². The lowest BCUT2D eigenvalue weighted by atomic mass is 10.1. The van der Waals surface area contributed by atoms with Crippen LogP contribution in [0.4, 0.5) is 0 Å². The lowest BCUT2D eigenvalue weighted by Crippen LogP contribution is -2.02. The summed E-state index contributed by atoms with van der Waals surface area (Å²) in [6, 6.07) is 17.0.